The van der Waals surface area contributed by atoms with Crippen LogP contribution in [0.2, 0.25) is 0 Å². The van der Waals surface area contributed by atoms with Gasteiger partial charge in [0.15, 0.2) is 0 Å². The summed E-state index contributed by atoms with van der Waals surface area (Å²) in [5.74, 6) is -0.808. The zero-order chi connectivity index (χ0) is 14.9. The van der Waals surface area contributed by atoms with E-state index in [1.54, 1.807) is 0 Å². The Kier molecular flexibility index (Phi) is 4.75. The molecule has 2 N–H and O–H groups in total. The maximum atomic E-state index is 13.8. The predicted molar refractivity (Wildman–Crippen MR) is 79.4 cm³/mol. The van der Waals surface area contributed by atoms with E-state index in [2.05, 4.69) is 15.9 Å². The highest BCUT2D eigenvalue weighted by molar-refractivity contribution is 9.10. The number of morpholine rings is 1. The van der Waals surface area contributed by atoms with Crippen molar-refractivity contribution in [3.8, 4) is 0 Å². The van der Waals surface area contributed by atoms with E-state index in [-0.39, 0.29) is 29.6 Å². The van der Waals surface area contributed by atoms with Gasteiger partial charge in [0.1, 0.15) is 21.8 Å². The van der Waals surface area contributed by atoms with Crippen LogP contribution < -0.4 is 5.73 Å². The molecule has 0 radical (unpaired) electrons. The highest BCUT2D eigenvalue weighted by atomic mass is 79.9. The Bertz CT molecular complexity index is 639. The maximum Gasteiger partial charge on any atom is 0.246 e. The SMILES string of the molecule is NC(=S)C1CN(S(=O)(=O)c2ccc(Br)cc2F)CCO1. The fourth-order valence-corrected chi connectivity index (χ4v) is 3.79. The molecule has 1 fully saturated rings. The fraction of sp³-hybridized carbons (Fsp3) is 0.364. The minimum Gasteiger partial charge on any atom is -0.391 e. The van der Waals surface area contributed by atoms with Crippen LogP contribution in [0.25, 0.3) is 0 Å². The molecule has 1 saturated heterocycles. The average Bonchev–Trinajstić information content (AvgIpc) is 2.38. The molecule has 1 aliphatic heterocycles. The number of hydrogen-bond acceptors (Lipinski definition) is 4. The van der Waals surface area contributed by atoms with Crippen LogP contribution in [0, 0.1) is 5.82 Å². The summed E-state index contributed by atoms with van der Waals surface area (Å²) in [5.41, 5.74) is 5.47. The van der Waals surface area contributed by atoms with E-state index < -0.39 is 21.9 Å². The van der Waals surface area contributed by atoms with Gasteiger partial charge >= 0.3 is 0 Å². The summed E-state index contributed by atoms with van der Waals surface area (Å²) in [6.45, 7) is 0.295. The van der Waals surface area contributed by atoms with Gasteiger partial charge in [-0.25, -0.2) is 12.8 Å². The predicted octanol–water partition coefficient (Wildman–Crippen LogP) is 1.26. The van der Waals surface area contributed by atoms with E-state index in [9.17, 15) is 12.8 Å². The number of sulfonamides is 1. The molecule has 0 aliphatic carbocycles. The van der Waals surface area contributed by atoms with Crippen LogP contribution in [0.4, 0.5) is 4.39 Å². The standard InChI is InChI=1S/C11H12BrFN2O3S2/c12-7-1-2-10(8(13)5-7)20(16,17)15-3-4-18-9(6-15)11(14)19/h1-2,5,9H,3-4,6H2,(H2,14,19). The van der Waals surface area contributed by atoms with Gasteiger partial charge in [-0.3, -0.25) is 0 Å². The molecule has 110 valence electrons. The smallest absolute Gasteiger partial charge is 0.246 e. The average molecular weight is 383 g/mol. The molecule has 0 amide bonds. The van der Waals surface area contributed by atoms with Gasteiger partial charge in [-0.05, 0) is 18.2 Å². The second-order valence-electron chi connectivity index (χ2n) is 4.20. The summed E-state index contributed by atoms with van der Waals surface area (Å²) < 4.78 is 45.6. The van der Waals surface area contributed by atoms with Gasteiger partial charge in [-0.15, -0.1) is 0 Å². The first kappa shape index (κ1) is 15.8. The highest BCUT2D eigenvalue weighted by Crippen LogP contribution is 2.24. The molecule has 1 unspecified atom stereocenters. The number of ether oxygens (including phenoxy) is 1. The third kappa shape index (κ3) is 3.17. The molecular formula is C11H12BrFN2O3S2. The van der Waals surface area contributed by atoms with Crippen molar-refractivity contribution < 1.29 is 17.5 Å². The third-order valence-electron chi connectivity index (χ3n) is 2.86. The first-order valence-corrected chi connectivity index (χ1v) is 8.32. The van der Waals surface area contributed by atoms with E-state index in [1.165, 1.54) is 12.1 Å². The quantitative estimate of drug-likeness (QED) is 0.796. The number of halogens is 2. The summed E-state index contributed by atoms with van der Waals surface area (Å²) >= 11 is 7.89. The molecule has 2 rings (SSSR count). The van der Waals surface area contributed by atoms with Gasteiger partial charge < -0.3 is 10.5 Å². The van der Waals surface area contributed by atoms with Gasteiger partial charge in [0.2, 0.25) is 10.0 Å². The normalized spacial score (nSPS) is 20.8. The Morgan fingerprint density at radius 2 is 2.25 bits per heavy atom. The lowest BCUT2D eigenvalue weighted by molar-refractivity contribution is 0.0385. The molecule has 1 aliphatic rings. The van der Waals surface area contributed by atoms with Crippen LogP contribution in [-0.4, -0.2) is 43.5 Å². The summed E-state index contributed by atoms with van der Waals surface area (Å²) in [7, 11) is -3.93. The lowest BCUT2D eigenvalue weighted by atomic mass is 10.3. The second-order valence-corrected chi connectivity index (χ2v) is 7.49. The van der Waals surface area contributed by atoms with Crippen LogP contribution in [0.3, 0.4) is 0 Å². The number of rotatable bonds is 3. The molecule has 1 heterocycles. The molecule has 9 heteroatoms. The topological polar surface area (TPSA) is 72.6 Å². The van der Waals surface area contributed by atoms with E-state index in [0.717, 1.165) is 10.4 Å². The molecule has 1 atom stereocenters. The summed E-state index contributed by atoms with van der Waals surface area (Å²) in [6, 6.07) is 3.81. The monoisotopic (exact) mass is 382 g/mol. The Labute approximate surface area is 130 Å². The van der Waals surface area contributed by atoms with Gasteiger partial charge in [0, 0.05) is 17.6 Å². The molecule has 5 nitrogen and oxygen atoms in total. The van der Waals surface area contributed by atoms with E-state index in [0.29, 0.717) is 4.47 Å². The number of nitrogens with two attached hydrogens (primary N) is 1. The largest absolute Gasteiger partial charge is 0.391 e. The van der Waals surface area contributed by atoms with E-state index in [4.69, 9.17) is 22.7 Å². The van der Waals surface area contributed by atoms with E-state index >= 15 is 0 Å². The van der Waals surface area contributed by atoms with Crippen LogP contribution in [0.5, 0.6) is 0 Å². The minimum absolute atomic E-state index is 0.00678. The lowest BCUT2D eigenvalue weighted by Crippen LogP contribution is -2.49. The zero-order valence-electron chi connectivity index (χ0n) is 10.3. The van der Waals surface area contributed by atoms with Crippen LogP contribution >= 0.6 is 28.1 Å². The van der Waals surface area contributed by atoms with Crippen molar-refractivity contribution in [1.29, 1.82) is 0 Å². The van der Waals surface area contributed by atoms with Crippen molar-refractivity contribution in [2.45, 2.75) is 11.0 Å². The summed E-state index contributed by atoms with van der Waals surface area (Å²) in [5, 5.41) is 0. The Morgan fingerprint density at radius 3 is 2.85 bits per heavy atom. The van der Waals surface area contributed by atoms with Gasteiger partial charge in [0.05, 0.1) is 6.61 Å². The lowest BCUT2D eigenvalue weighted by Gasteiger charge is -2.31. The molecule has 0 spiro atoms. The maximum absolute atomic E-state index is 13.8. The first-order valence-electron chi connectivity index (χ1n) is 5.68. The Hall–Kier alpha value is -0.610. The molecular weight excluding hydrogens is 371 g/mol. The van der Waals surface area contributed by atoms with Gasteiger partial charge in [-0.2, -0.15) is 4.31 Å². The highest BCUT2D eigenvalue weighted by Gasteiger charge is 2.33. The number of thiocarbonyl (C=S) groups is 1. The first-order chi connectivity index (χ1) is 9.32. The van der Waals surface area contributed by atoms with Gasteiger partial charge in [-0.1, -0.05) is 28.1 Å². The summed E-state index contributed by atoms with van der Waals surface area (Å²) in [4.78, 5) is -0.287. The van der Waals surface area contributed by atoms with Crippen LogP contribution in [0.15, 0.2) is 27.6 Å². The number of benzene rings is 1. The number of hydrogen-bond donors (Lipinski definition) is 1. The van der Waals surface area contributed by atoms with Crippen molar-refractivity contribution in [3.05, 3.63) is 28.5 Å². The molecule has 1 aromatic carbocycles. The zero-order valence-corrected chi connectivity index (χ0v) is 13.5. The third-order valence-corrected chi connectivity index (χ3v) is 5.51. The van der Waals surface area contributed by atoms with E-state index in [1.807, 2.05) is 0 Å². The van der Waals surface area contributed by atoms with Crippen molar-refractivity contribution in [1.82, 2.24) is 4.31 Å². The number of nitrogens with zero attached hydrogens (tertiary/aromatic N) is 1. The van der Waals surface area contributed by atoms with Gasteiger partial charge in [0.25, 0.3) is 0 Å². The van der Waals surface area contributed by atoms with Crippen molar-refractivity contribution in [3.63, 3.8) is 0 Å². The van der Waals surface area contributed by atoms with Crippen LogP contribution in [-0.2, 0) is 14.8 Å². The van der Waals surface area contributed by atoms with Crippen LogP contribution in [0.1, 0.15) is 0 Å². The van der Waals surface area contributed by atoms with Crippen molar-refractivity contribution in [2.75, 3.05) is 19.7 Å². The molecule has 0 bridgehead atoms. The Balaban J connectivity index is 2.32. The fourth-order valence-electron chi connectivity index (χ4n) is 1.84. The van der Waals surface area contributed by atoms with Crippen molar-refractivity contribution in [2.24, 2.45) is 5.73 Å². The van der Waals surface area contributed by atoms with Crippen molar-refractivity contribution >= 4 is 43.2 Å². The summed E-state index contributed by atoms with van der Waals surface area (Å²) in [6.07, 6.45) is -0.646. The molecule has 0 aromatic heterocycles. The molecule has 0 saturated carbocycles. The molecule has 1 aromatic rings. The molecule has 20 heavy (non-hydrogen) atoms. The second kappa shape index (κ2) is 6.02. The Morgan fingerprint density at radius 1 is 1.55 bits per heavy atom. The minimum atomic E-state index is -3.93.